The Kier molecular flexibility index (Phi) is 14.9. The molecule has 26 nitrogen and oxygen atoms in total. The number of anilines is 8. The van der Waals surface area contributed by atoms with Gasteiger partial charge in [-0.2, -0.15) is 9.97 Å². The number of benzene rings is 2. The molecule has 4 atom stereocenters. The van der Waals surface area contributed by atoms with Crippen molar-refractivity contribution in [2.75, 3.05) is 81.2 Å². The van der Waals surface area contributed by atoms with E-state index in [0.29, 0.717) is 62.5 Å². The topological polar surface area (TPSA) is 394 Å². The van der Waals surface area contributed by atoms with Crippen LogP contribution in [0.3, 0.4) is 0 Å². The fourth-order valence-electron chi connectivity index (χ4n) is 8.00. The standard InChI is InChI=1S/2C20H23N7O6.Mg/c2*21-20-24-16-15(18(31)25-20)27-9-26(8-12(27)7-22-16)11-3-1-10(2-4-11)17(30)23-13(19(32)33)5-6-14(28)29;/h2*1-4,12-13H,5-9H2,(H,23,30)(H,28,29)(H,32,33)(H4,21,22,24,25,31);/q;;+2/p-2/t2*12?,13-;/m00./s1. The number of hydrogen-bond donors (Lipinski definition) is 10. The summed E-state index contributed by atoms with van der Waals surface area (Å²) in [4.78, 5) is 115. The smallest absolute Gasteiger partial charge is 0.550 e. The van der Waals surface area contributed by atoms with Gasteiger partial charge >= 0.3 is 35.0 Å². The number of hydrogen-bond acceptors (Lipinski definition) is 20. The number of carboxylic acids is 4. The number of carbonyl (C=O) groups excluding carboxylic acids is 4. The third kappa shape index (κ3) is 11.2. The van der Waals surface area contributed by atoms with Crippen molar-refractivity contribution < 1.29 is 49.2 Å². The van der Waals surface area contributed by atoms with Crippen molar-refractivity contribution in [3.8, 4) is 0 Å². The van der Waals surface area contributed by atoms with E-state index in [4.69, 9.17) is 11.5 Å². The van der Waals surface area contributed by atoms with Gasteiger partial charge in [-0.25, -0.2) is 9.59 Å². The maximum Gasteiger partial charge on any atom is 2.00 e. The molecule has 2 unspecified atom stereocenters. The van der Waals surface area contributed by atoms with Gasteiger partial charge in [-0.15, -0.1) is 0 Å². The van der Waals surface area contributed by atoms with E-state index in [-0.39, 0.29) is 82.1 Å². The SMILES string of the molecule is Nc1nc2c(c(=O)[nH]1)N1CN(c3ccc(C(=O)N[C@@H](CCC(=O)[O-])C(=O)O)cc3)CC1CN2.Nc1nc2c(c(=O)[nH]1)N1CN(c3ccc(C(=O)N[C@@H](CCC(=O)[O-])C(=O)O)cc3)CC1CN2.[Mg+2]. The van der Waals surface area contributed by atoms with E-state index in [0.717, 1.165) is 11.4 Å². The number of H-pyrrole nitrogens is 2. The van der Waals surface area contributed by atoms with Gasteiger partial charge in [-0.1, -0.05) is 0 Å². The average molecular weight is 937 g/mol. The Bertz CT molecular complexity index is 2490. The number of carbonyl (C=O) groups is 6. The maximum atomic E-state index is 12.4. The van der Waals surface area contributed by atoms with Gasteiger partial charge in [-0.3, -0.25) is 29.1 Å². The van der Waals surface area contributed by atoms with Crippen LogP contribution in [0, 0.1) is 0 Å². The number of nitrogens with zero attached hydrogens (tertiary/aromatic N) is 6. The first-order chi connectivity index (χ1) is 31.4. The van der Waals surface area contributed by atoms with Crippen LogP contribution in [0.1, 0.15) is 46.4 Å². The van der Waals surface area contributed by atoms with Crippen molar-refractivity contribution in [1.82, 2.24) is 30.6 Å². The number of fused-ring (bicyclic) bond motifs is 6. The number of rotatable bonds is 14. The largest absolute Gasteiger partial charge is 2.00 e. The van der Waals surface area contributed by atoms with Crippen LogP contribution >= 0.6 is 0 Å². The van der Waals surface area contributed by atoms with E-state index < -0.39 is 60.6 Å². The summed E-state index contributed by atoms with van der Waals surface area (Å²) in [5.74, 6) is -5.72. The van der Waals surface area contributed by atoms with Crippen molar-refractivity contribution in [3.63, 3.8) is 0 Å². The molecule has 4 aliphatic heterocycles. The van der Waals surface area contributed by atoms with E-state index in [1.807, 2.05) is 19.6 Å². The van der Waals surface area contributed by atoms with Gasteiger partial charge in [0, 0.05) is 60.6 Å². The van der Waals surface area contributed by atoms with Crippen LogP contribution < -0.4 is 73.7 Å². The third-order valence-electron chi connectivity index (χ3n) is 11.3. The summed E-state index contributed by atoms with van der Waals surface area (Å²) < 4.78 is 0. The van der Waals surface area contributed by atoms with Crippen LogP contribution in [0.2, 0.25) is 0 Å². The molecule has 67 heavy (non-hydrogen) atoms. The zero-order valence-corrected chi connectivity index (χ0v) is 36.9. The molecule has 4 aromatic rings. The van der Waals surface area contributed by atoms with Gasteiger partial charge in [0.1, 0.15) is 23.5 Å². The second-order valence-electron chi connectivity index (χ2n) is 15.7. The van der Waals surface area contributed by atoms with Crippen molar-refractivity contribution in [2.45, 2.75) is 49.9 Å². The van der Waals surface area contributed by atoms with Crippen molar-refractivity contribution >= 4 is 105 Å². The molecule has 348 valence electrons. The normalized spacial score (nSPS) is 17.3. The molecule has 8 rings (SSSR count). The number of nitrogen functional groups attached to an aromatic ring is 2. The second kappa shape index (κ2) is 20.6. The Balaban J connectivity index is 0.000000218. The van der Waals surface area contributed by atoms with Gasteiger partial charge in [0.25, 0.3) is 22.9 Å². The Labute approximate surface area is 394 Å². The molecule has 2 saturated heterocycles. The monoisotopic (exact) mass is 936 g/mol. The summed E-state index contributed by atoms with van der Waals surface area (Å²) in [5, 5.41) is 50.5. The van der Waals surface area contributed by atoms with Crippen molar-refractivity contribution in [1.29, 1.82) is 0 Å². The molecule has 6 heterocycles. The first-order valence-electron chi connectivity index (χ1n) is 20.4. The van der Waals surface area contributed by atoms with E-state index in [9.17, 15) is 58.8 Å². The van der Waals surface area contributed by atoms with E-state index in [2.05, 4.69) is 41.2 Å². The number of carboxylic acid groups (broad SMARTS) is 4. The molecular formula is C40H44MgN14O12. The number of nitrogens with one attached hydrogen (secondary N) is 6. The Morgan fingerprint density at radius 3 is 1.34 bits per heavy atom. The van der Waals surface area contributed by atoms with Crippen LogP contribution in [-0.4, -0.2) is 153 Å². The molecule has 12 N–H and O–H groups in total. The summed E-state index contributed by atoms with van der Waals surface area (Å²) >= 11 is 0. The van der Waals surface area contributed by atoms with Crippen LogP contribution in [0.5, 0.6) is 0 Å². The van der Waals surface area contributed by atoms with Crippen molar-refractivity contribution in [2.24, 2.45) is 0 Å². The fourth-order valence-corrected chi connectivity index (χ4v) is 8.00. The minimum Gasteiger partial charge on any atom is -0.550 e. The zero-order valence-electron chi connectivity index (χ0n) is 35.5. The number of aromatic amines is 2. The summed E-state index contributed by atoms with van der Waals surface area (Å²) in [5.41, 5.74) is 13.5. The fraction of sp³-hybridized carbons (Fsp3) is 0.350. The maximum absolute atomic E-state index is 12.4. The predicted molar refractivity (Wildman–Crippen MR) is 237 cm³/mol. The van der Waals surface area contributed by atoms with Gasteiger partial charge in [0.2, 0.25) is 11.9 Å². The van der Waals surface area contributed by atoms with E-state index in [1.165, 1.54) is 0 Å². The predicted octanol–water partition coefficient (Wildman–Crippen LogP) is -4.09. The number of aliphatic carboxylic acids is 4. The van der Waals surface area contributed by atoms with Crippen molar-refractivity contribution in [3.05, 3.63) is 80.4 Å². The summed E-state index contributed by atoms with van der Waals surface area (Å²) in [6.45, 7) is 3.30. The molecule has 0 aliphatic carbocycles. The van der Waals surface area contributed by atoms with Crippen LogP contribution in [-0.2, 0) is 19.2 Å². The Morgan fingerprint density at radius 2 is 1.01 bits per heavy atom. The van der Waals surface area contributed by atoms with Gasteiger partial charge < -0.3 is 82.3 Å². The van der Waals surface area contributed by atoms with Gasteiger partial charge in [0.15, 0.2) is 11.6 Å². The number of aromatic nitrogens is 4. The third-order valence-corrected chi connectivity index (χ3v) is 11.3. The van der Waals surface area contributed by atoms with E-state index in [1.54, 1.807) is 48.5 Å². The van der Waals surface area contributed by atoms with Crippen LogP contribution in [0.15, 0.2) is 58.1 Å². The first kappa shape index (κ1) is 48.6. The number of nitrogens with two attached hydrogens (primary N) is 2. The zero-order chi connectivity index (χ0) is 47.4. The number of amides is 2. The molecule has 2 amide bonds. The van der Waals surface area contributed by atoms with Gasteiger partial charge in [-0.05, 0) is 74.2 Å². The quantitative estimate of drug-likeness (QED) is 0.0537. The van der Waals surface area contributed by atoms with Gasteiger partial charge in [0.05, 0.1) is 25.4 Å². The summed E-state index contributed by atoms with van der Waals surface area (Å²) in [6.07, 6.45) is -1.51. The average Bonchev–Trinajstić information content (AvgIpc) is 3.91. The molecule has 0 spiro atoms. The molecule has 0 radical (unpaired) electrons. The second-order valence-corrected chi connectivity index (χ2v) is 15.7. The van der Waals surface area contributed by atoms with E-state index >= 15 is 0 Å². The van der Waals surface area contributed by atoms with Crippen LogP contribution in [0.25, 0.3) is 0 Å². The molecule has 0 saturated carbocycles. The molecule has 2 aromatic heterocycles. The summed E-state index contributed by atoms with van der Waals surface area (Å²) in [7, 11) is 0. The summed E-state index contributed by atoms with van der Waals surface area (Å²) in [6, 6.07) is 10.5. The molecule has 2 aromatic carbocycles. The molecule has 27 heteroatoms. The first-order valence-corrected chi connectivity index (χ1v) is 20.4. The van der Waals surface area contributed by atoms with Crippen LogP contribution in [0.4, 0.5) is 46.3 Å². The minimum absolute atomic E-state index is 0. The Hall–Kier alpha value is -7.81. The Morgan fingerprint density at radius 1 is 0.657 bits per heavy atom. The molecular weight excluding hydrogens is 893 g/mol. The molecule has 2 fully saturated rings. The molecule has 4 aliphatic rings. The molecule has 0 bridgehead atoms. The minimum atomic E-state index is -1.39.